The van der Waals surface area contributed by atoms with Crippen LogP contribution < -0.4 is 0 Å². The average molecular weight is 264 g/mol. The minimum Gasteiger partial charge on any atom is -0.266 e. The number of aromatic nitrogens is 2. The largest absolute Gasteiger partial charge is 0.266 e. The van der Waals surface area contributed by atoms with Gasteiger partial charge in [0.15, 0.2) is 0 Å². The maximum absolute atomic E-state index is 4.30. The van der Waals surface area contributed by atoms with E-state index in [-0.39, 0.29) is 0 Å². The highest BCUT2D eigenvalue weighted by atomic mass is 127. The van der Waals surface area contributed by atoms with Crippen LogP contribution in [0.25, 0.3) is 0 Å². The Balaban J connectivity index is 3.05. The van der Waals surface area contributed by atoms with Gasteiger partial charge in [0, 0.05) is 6.04 Å². The van der Waals surface area contributed by atoms with Gasteiger partial charge in [-0.15, -0.1) is 0 Å². The Morgan fingerprint density at radius 1 is 1.64 bits per heavy atom. The zero-order valence-corrected chi connectivity index (χ0v) is 9.29. The molecule has 0 amide bonds. The van der Waals surface area contributed by atoms with Crippen molar-refractivity contribution in [2.45, 2.75) is 33.2 Å². The first kappa shape index (κ1) is 9.03. The summed E-state index contributed by atoms with van der Waals surface area (Å²) >= 11 is 2.33. The molecule has 0 aliphatic carbocycles. The van der Waals surface area contributed by atoms with E-state index in [1.807, 2.05) is 6.20 Å². The summed E-state index contributed by atoms with van der Waals surface area (Å²) in [6, 6.07) is 0.480. The number of nitrogens with zero attached hydrogens (tertiary/aromatic N) is 2. The maximum Gasteiger partial charge on any atom is 0.0626 e. The van der Waals surface area contributed by atoms with Crippen molar-refractivity contribution < 1.29 is 0 Å². The van der Waals surface area contributed by atoms with Crippen LogP contribution in [0, 0.1) is 3.57 Å². The molecule has 62 valence electrons. The molecule has 0 saturated carbocycles. The molecule has 0 atom stereocenters. The fraction of sp³-hybridized carbons (Fsp3) is 0.625. The standard InChI is InChI=1S/C8H13IN2/c1-4-8-7(9)5-10-11(8)6(2)3/h5-6H,4H2,1-3H3. The minimum absolute atomic E-state index is 0.480. The van der Waals surface area contributed by atoms with Crippen molar-refractivity contribution in [1.82, 2.24) is 9.78 Å². The van der Waals surface area contributed by atoms with Gasteiger partial charge in [-0.05, 0) is 42.9 Å². The Morgan fingerprint density at radius 3 is 2.64 bits per heavy atom. The molecule has 0 unspecified atom stereocenters. The fourth-order valence-corrected chi connectivity index (χ4v) is 1.90. The molecule has 0 aliphatic heterocycles. The Bertz CT molecular complexity index is 240. The van der Waals surface area contributed by atoms with Crippen LogP contribution >= 0.6 is 22.6 Å². The van der Waals surface area contributed by atoms with Gasteiger partial charge in [0.25, 0.3) is 0 Å². The van der Waals surface area contributed by atoms with Gasteiger partial charge in [-0.3, -0.25) is 4.68 Å². The van der Waals surface area contributed by atoms with Crippen molar-refractivity contribution in [3.8, 4) is 0 Å². The van der Waals surface area contributed by atoms with Crippen LogP contribution in [0.3, 0.4) is 0 Å². The van der Waals surface area contributed by atoms with Gasteiger partial charge in [-0.2, -0.15) is 5.10 Å². The molecule has 0 N–H and O–H groups in total. The summed E-state index contributed by atoms with van der Waals surface area (Å²) in [7, 11) is 0. The van der Waals surface area contributed by atoms with E-state index in [0.717, 1.165) is 6.42 Å². The summed E-state index contributed by atoms with van der Waals surface area (Å²) in [6.45, 7) is 6.47. The van der Waals surface area contributed by atoms with E-state index in [4.69, 9.17) is 0 Å². The molecule has 1 heterocycles. The lowest BCUT2D eigenvalue weighted by Crippen LogP contribution is -2.06. The molecule has 0 radical (unpaired) electrons. The Morgan fingerprint density at radius 2 is 2.27 bits per heavy atom. The van der Waals surface area contributed by atoms with E-state index in [2.05, 4.69) is 53.1 Å². The number of halogens is 1. The molecule has 3 heteroatoms. The quantitative estimate of drug-likeness (QED) is 0.751. The van der Waals surface area contributed by atoms with Crippen LogP contribution in [0.4, 0.5) is 0 Å². The molecular weight excluding hydrogens is 251 g/mol. The maximum atomic E-state index is 4.30. The second-order valence-electron chi connectivity index (χ2n) is 2.83. The zero-order chi connectivity index (χ0) is 8.43. The topological polar surface area (TPSA) is 17.8 Å². The molecule has 0 fully saturated rings. The smallest absolute Gasteiger partial charge is 0.0626 e. The van der Waals surface area contributed by atoms with Crippen LogP contribution in [0.15, 0.2) is 6.20 Å². The van der Waals surface area contributed by atoms with Crippen molar-refractivity contribution in [1.29, 1.82) is 0 Å². The molecule has 0 bridgehead atoms. The highest BCUT2D eigenvalue weighted by molar-refractivity contribution is 14.1. The zero-order valence-electron chi connectivity index (χ0n) is 7.13. The molecule has 0 spiro atoms. The molecule has 1 rings (SSSR count). The summed E-state index contributed by atoms with van der Waals surface area (Å²) in [5.74, 6) is 0. The van der Waals surface area contributed by atoms with Crippen molar-refractivity contribution in [3.63, 3.8) is 0 Å². The summed E-state index contributed by atoms with van der Waals surface area (Å²) < 4.78 is 3.36. The Kier molecular flexibility index (Phi) is 2.92. The predicted octanol–water partition coefficient (Wildman–Crippen LogP) is 2.63. The van der Waals surface area contributed by atoms with Crippen LogP contribution in [0.1, 0.15) is 32.5 Å². The minimum atomic E-state index is 0.480. The fourth-order valence-electron chi connectivity index (χ4n) is 1.14. The van der Waals surface area contributed by atoms with Crippen LogP contribution in [0.2, 0.25) is 0 Å². The normalized spacial score (nSPS) is 11.0. The number of hydrogen-bond acceptors (Lipinski definition) is 1. The van der Waals surface area contributed by atoms with Gasteiger partial charge in [0.1, 0.15) is 0 Å². The monoisotopic (exact) mass is 264 g/mol. The number of rotatable bonds is 2. The molecule has 0 aliphatic rings. The van der Waals surface area contributed by atoms with Crippen LogP contribution in [-0.2, 0) is 6.42 Å². The Labute approximate surface area is 81.1 Å². The lowest BCUT2D eigenvalue weighted by molar-refractivity contribution is 0.511. The summed E-state index contributed by atoms with van der Waals surface area (Å²) in [6.07, 6.45) is 3.00. The molecule has 1 aromatic rings. The first-order chi connectivity index (χ1) is 5.16. The van der Waals surface area contributed by atoms with Crippen molar-refractivity contribution in [2.75, 3.05) is 0 Å². The third-order valence-corrected chi connectivity index (χ3v) is 2.57. The third kappa shape index (κ3) is 1.75. The molecule has 11 heavy (non-hydrogen) atoms. The van der Waals surface area contributed by atoms with Crippen molar-refractivity contribution >= 4 is 22.6 Å². The van der Waals surface area contributed by atoms with Gasteiger partial charge >= 0.3 is 0 Å². The van der Waals surface area contributed by atoms with Gasteiger partial charge in [0.2, 0.25) is 0 Å². The van der Waals surface area contributed by atoms with E-state index < -0.39 is 0 Å². The molecule has 2 nitrogen and oxygen atoms in total. The first-order valence-corrected chi connectivity index (χ1v) is 4.96. The highest BCUT2D eigenvalue weighted by Gasteiger charge is 2.07. The SMILES string of the molecule is CCc1c(I)cnn1C(C)C. The van der Waals surface area contributed by atoms with Crippen LogP contribution in [0.5, 0.6) is 0 Å². The lowest BCUT2D eigenvalue weighted by Gasteiger charge is -2.09. The van der Waals surface area contributed by atoms with E-state index >= 15 is 0 Å². The predicted molar refractivity (Wildman–Crippen MR) is 54.7 cm³/mol. The second-order valence-corrected chi connectivity index (χ2v) is 3.99. The van der Waals surface area contributed by atoms with E-state index in [1.54, 1.807) is 0 Å². The molecule has 1 aromatic heterocycles. The van der Waals surface area contributed by atoms with Gasteiger partial charge in [0.05, 0.1) is 15.5 Å². The van der Waals surface area contributed by atoms with E-state index in [0.29, 0.717) is 6.04 Å². The molecule has 0 aromatic carbocycles. The third-order valence-electron chi connectivity index (χ3n) is 1.67. The summed E-state index contributed by atoms with van der Waals surface area (Å²) in [5, 5.41) is 4.30. The lowest BCUT2D eigenvalue weighted by atomic mass is 10.3. The van der Waals surface area contributed by atoms with E-state index in [9.17, 15) is 0 Å². The van der Waals surface area contributed by atoms with Gasteiger partial charge < -0.3 is 0 Å². The van der Waals surface area contributed by atoms with Crippen LogP contribution in [-0.4, -0.2) is 9.78 Å². The second kappa shape index (κ2) is 3.56. The van der Waals surface area contributed by atoms with Gasteiger partial charge in [-0.1, -0.05) is 6.92 Å². The highest BCUT2D eigenvalue weighted by Crippen LogP contribution is 2.15. The molecular formula is C8H13IN2. The summed E-state index contributed by atoms with van der Waals surface area (Å²) in [5.41, 5.74) is 1.35. The first-order valence-electron chi connectivity index (χ1n) is 3.88. The van der Waals surface area contributed by atoms with Crippen molar-refractivity contribution in [3.05, 3.63) is 15.5 Å². The van der Waals surface area contributed by atoms with Crippen molar-refractivity contribution in [2.24, 2.45) is 0 Å². The summed E-state index contributed by atoms with van der Waals surface area (Å²) in [4.78, 5) is 0. The Hall–Kier alpha value is -0.0600. The number of hydrogen-bond donors (Lipinski definition) is 0. The van der Waals surface area contributed by atoms with Gasteiger partial charge in [-0.25, -0.2) is 0 Å². The average Bonchev–Trinajstić information content (AvgIpc) is 2.30. The van der Waals surface area contributed by atoms with E-state index in [1.165, 1.54) is 9.26 Å². The molecule has 0 saturated heterocycles.